The van der Waals surface area contributed by atoms with Gasteiger partial charge in [-0.3, -0.25) is 4.79 Å². The van der Waals surface area contributed by atoms with Crippen LogP contribution in [0.25, 0.3) is 0 Å². The molecule has 3 heteroatoms. The fraction of sp³-hybridized carbons (Fsp3) is 0.889. The fourth-order valence-electron chi connectivity index (χ4n) is 1.64. The van der Waals surface area contributed by atoms with Crippen LogP contribution < -0.4 is 0 Å². The van der Waals surface area contributed by atoms with Crippen molar-refractivity contribution < 1.29 is 9.53 Å². The van der Waals surface area contributed by atoms with E-state index in [1.54, 1.807) is 0 Å². The van der Waals surface area contributed by atoms with E-state index < -0.39 is 0 Å². The highest BCUT2D eigenvalue weighted by molar-refractivity contribution is 5.36. The molecule has 12 heavy (non-hydrogen) atoms. The number of hydrogen-bond acceptors (Lipinski definition) is 3. The maximum atomic E-state index is 9.94. The van der Waals surface area contributed by atoms with E-state index in [1.807, 2.05) is 0 Å². The second-order valence-electron chi connectivity index (χ2n) is 3.31. The van der Waals surface area contributed by atoms with E-state index in [0.29, 0.717) is 19.0 Å². The third-order valence-electron chi connectivity index (χ3n) is 2.55. The summed E-state index contributed by atoms with van der Waals surface area (Å²) in [5.41, 5.74) is 0. The minimum atomic E-state index is 0.548. The smallest absolute Gasteiger partial charge is 0.293 e. The van der Waals surface area contributed by atoms with Crippen LogP contribution in [0.2, 0.25) is 0 Å². The van der Waals surface area contributed by atoms with Crippen molar-refractivity contribution in [1.29, 1.82) is 0 Å². The van der Waals surface area contributed by atoms with Gasteiger partial charge in [0.2, 0.25) is 0 Å². The summed E-state index contributed by atoms with van der Waals surface area (Å²) in [6, 6.07) is 0. The molecule has 0 unspecified atom stereocenters. The monoisotopic (exact) mass is 171 g/mol. The number of likely N-dealkylation sites (tertiary alicyclic amines) is 1. The summed E-state index contributed by atoms with van der Waals surface area (Å²) in [4.78, 5) is 12.4. The molecule has 0 aromatic heterocycles. The maximum Gasteiger partial charge on any atom is 0.293 e. The fourth-order valence-corrected chi connectivity index (χ4v) is 1.64. The molecule has 0 aliphatic carbocycles. The summed E-state index contributed by atoms with van der Waals surface area (Å²) in [7, 11) is 0. The average Bonchev–Trinajstić information content (AvgIpc) is 2.15. The number of piperidine rings is 1. The minimum absolute atomic E-state index is 0.548. The van der Waals surface area contributed by atoms with Crippen molar-refractivity contribution in [3.05, 3.63) is 0 Å². The van der Waals surface area contributed by atoms with E-state index in [0.717, 1.165) is 19.6 Å². The molecule has 1 rings (SSSR count). The van der Waals surface area contributed by atoms with Gasteiger partial charge < -0.3 is 9.64 Å². The van der Waals surface area contributed by atoms with Gasteiger partial charge in [-0.25, -0.2) is 0 Å². The number of carbonyl (C=O) groups is 1. The second-order valence-corrected chi connectivity index (χ2v) is 3.31. The Bertz CT molecular complexity index is 130. The first-order valence-electron chi connectivity index (χ1n) is 4.64. The molecule has 0 atom stereocenters. The SMILES string of the molecule is CCN1CCC(COC=O)CC1. The maximum absolute atomic E-state index is 9.94. The first-order chi connectivity index (χ1) is 5.86. The van der Waals surface area contributed by atoms with E-state index in [9.17, 15) is 4.79 Å². The zero-order valence-electron chi connectivity index (χ0n) is 7.66. The Balaban J connectivity index is 2.12. The first kappa shape index (κ1) is 9.52. The van der Waals surface area contributed by atoms with Crippen LogP contribution in [0.4, 0.5) is 0 Å². The van der Waals surface area contributed by atoms with Gasteiger partial charge in [-0.05, 0) is 38.4 Å². The zero-order valence-corrected chi connectivity index (χ0v) is 7.66. The number of carbonyl (C=O) groups excluding carboxylic acids is 1. The van der Waals surface area contributed by atoms with Gasteiger partial charge in [0, 0.05) is 0 Å². The van der Waals surface area contributed by atoms with E-state index >= 15 is 0 Å². The highest BCUT2D eigenvalue weighted by atomic mass is 16.5. The minimum Gasteiger partial charge on any atom is -0.468 e. The first-order valence-corrected chi connectivity index (χ1v) is 4.64. The summed E-state index contributed by atoms with van der Waals surface area (Å²) < 4.78 is 4.74. The molecule has 1 aliphatic heterocycles. The Kier molecular flexibility index (Phi) is 4.08. The van der Waals surface area contributed by atoms with Crippen molar-refractivity contribution in [2.75, 3.05) is 26.2 Å². The normalized spacial score (nSPS) is 20.8. The van der Waals surface area contributed by atoms with Crippen molar-refractivity contribution in [2.24, 2.45) is 5.92 Å². The van der Waals surface area contributed by atoms with Gasteiger partial charge in [-0.1, -0.05) is 6.92 Å². The lowest BCUT2D eigenvalue weighted by atomic mass is 9.98. The van der Waals surface area contributed by atoms with Crippen molar-refractivity contribution in [1.82, 2.24) is 4.90 Å². The van der Waals surface area contributed by atoms with E-state index in [-0.39, 0.29) is 0 Å². The number of ether oxygens (including phenoxy) is 1. The van der Waals surface area contributed by atoms with Crippen LogP contribution in [0.1, 0.15) is 19.8 Å². The second kappa shape index (κ2) is 5.14. The van der Waals surface area contributed by atoms with Crippen LogP contribution in [0.15, 0.2) is 0 Å². The van der Waals surface area contributed by atoms with Gasteiger partial charge >= 0.3 is 0 Å². The molecular formula is C9H17NO2. The quantitative estimate of drug-likeness (QED) is 0.588. The highest BCUT2D eigenvalue weighted by Gasteiger charge is 2.17. The van der Waals surface area contributed by atoms with Crippen molar-refractivity contribution in [2.45, 2.75) is 19.8 Å². The number of nitrogens with zero attached hydrogens (tertiary/aromatic N) is 1. The van der Waals surface area contributed by atoms with Crippen LogP contribution in [0.3, 0.4) is 0 Å². The molecule has 1 heterocycles. The Hall–Kier alpha value is -0.570. The molecule has 0 bridgehead atoms. The van der Waals surface area contributed by atoms with Gasteiger partial charge in [0.1, 0.15) is 0 Å². The Morgan fingerprint density at radius 2 is 2.17 bits per heavy atom. The van der Waals surface area contributed by atoms with E-state index in [2.05, 4.69) is 11.8 Å². The molecule has 1 fully saturated rings. The molecule has 0 radical (unpaired) electrons. The van der Waals surface area contributed by atoms with Crippen LogP contribution in [0.5, 0.6) is 0 Å². The molecule has 0 spiro atoms. The lowest BCUT2D eigenvalue weighted by molar-refractivity contribution is -0.130. The van der Waals surface area contributed by atoms with Crippen molar-refractivity contribution in [3.8, 4) is 0 Å². The molecule has 0 saturated carbocycles. The Morgan fingerprint density at radius 1 is 1.50 bits per heavy atom. The highest BCUT2D eigenvalue weighted by Crippen LogP contribution is 2.16. The van der Waals surface area contributed by atoms with Crippen LogP contribution >= 0.6 is 0 Å². The van der Waals surface area contributed by atoms with Gasteiger partial charge in [-0.15, -0.1) is 0 Å². The third-order valence-corrected chi connectivity index (χ3v) is 2.55. The lowest BCUT2D eigenvalue weighted by Gasteiger charge is -2.30. The van der Waals surface area contributed by atoms with Crippen LogP contribution in [-0.4, -0.2) is 37.6 Å². The summed E-state index contributed by atoms with van der Waals surface area (Å²) in [6.07, 6.45) is 2.34. The van der Waals surface area contributed by atoms with Gasteiger partial charge in [0.15, 0.2) is 0 Å². The molecule has 0 aromatic rings. The lowest BCUT2D eigenvalue weighted by Crippen LogP contribution is -2.34. The molecule has 3 nitrogen and oxygen atoms in total. The summed E-state index contributed by atoms with van der Waals surface area (Å²) in [5, 5.41) is 0. The summed E-state index contributed by atoms with van der Waals surface area (Å²) in [5.74, 6) is 0.595. The van der Waals surface area contributed by atoms with Crippen LogP contribution in [0, 0.1) is 5.92 Å². The third kappa shape index (κ3) is 2.81. The molecule has 0 aromatic carbocycles. The Morgan fingerprint density at radius 3 is 2.67 bits per heavy atom. The predicted molar refractivity (Wildman–Crippen MR) is 46.9 cm³/mol. The van der Waals surface area contributed by atoms with Crippen molar-refractivity contribution >= 4 is 6.47 Å². The molecule has 0 amide bonds. The van der Waals surface area contributed by atoms with Crippen molar-refractivity contribution in [3.63, 3.8) is 0 Å². The molecular weight excluding hydrogens is 154 g/mol. The van der Waals surface area contributed by atoms with Gasteiger partial charge in [-0.2, -0.15) is 0 Å². The van der Waals surface area contributed by atoms with Crippen LogP contribution in [-0.2, 0) is 9.53 Å². The zero-order chi connectivity index (χ0) is 8.81. The standard InChI is InChI=1S/C9H17NO2/c1-2-10-5-3-9(4-6-10)7-12-8-11/h8-9H,2-7H2,1H3. The summed E-state index contributed by atoms with van der Waals surface area (Å²) >= 11 is 0. The Labute approximate surface area is 73.7 Å². The summed E-state index contributed by atoms with van der Waals surface area (Å²) in [6.45, 7) is 6.80. The molecule has 70 valence electrons. The van der Waals surface area contributed by atoms with E-state index in [4.69, 9.17) is 4.74 Å². The van der Waals surface area contributed by atoms with Gasteiger partial charge in [0.25, 0.3) is 6.47 Å². The topological polar surface area (TPSA) is 29.5 Å². The molecule has 1 aliphatic rings. The predicted octanol–water partition coefficient (Wildman–Crippen LogP) is 0.891. The number of rotatable bonds is 4. The van der Waals surface area contributed by atoms with E-state index in [1.165, 1.54) is 12.8 Å². The molecule has 1 saturated heterocycles. The number of hydrogen-bond donors (Lipinski definition) is 0. The molecule has 0 N–H and O–H groups in total. The largest absolute Gasteiger partial charge is 0.468 e. The average molecular weight is 171 g/mol. The van der Waals surface area contributed by atoms with Gasteiger partial charge in [0.05, 0.1) is 6.61 Å².